The van der Waals surface area contributed by atoms with Gasteiger partial charge in [0.15, 0.2) is 0 Å². The van der Waals surface area contributed by atoms with Crippen molar-refractivity contribution in [2.75, 3.05) is 26.4 Å². The first-order valence-corrected chi connectivity index (χ1v) is 3.82. The van der Waals surface area contributed by atoms with Gasteiger partial charge in [0.05, 0.1) is 19.8 Å². The molecule has 1 N–H and O–H groups in total. The molecule has 0 saturated carbocycles. The van der Waals surface area contributed by atoms with E-state index in [9.17, 15) is 4.79 Å². The summed E-state index contributed by atoms with van der Waals surface area (Å²) in [5.74, 6) is -0.955. The van der Waals surface area contributed by atoms with E-state index in [2.05, 4.69) is 0 Å². The van der Waals surface area contributed by atoms with E-state index in [0.717, 1.165) is 6.08 Å². The maximum absolute atomic E-state index is 9.97. The van der Waals surface area contributed by atoms with Crippen molar-refractivity contribution in [3.05, 3.63) is 12.2 Å². The normalized spacial score (nSPS) is 10.8. The van der Waals surface area contributed by atoms with Gasteiger partial charge >= 0.3 is 5.97 Å². The van der Waals surface area contributed by atoms with Crippen molar-refractivity contribution >= 4 is 5.97 Å². The van der Waals surface area contributed by atoms with Crippen LogP contribution in [0.3, 0.4) is 0 Å². The predicted octanol–water partition coefficient (Wildman–Crippen LogP) is 0.680. The highest BCUT2D eigenvalue weighted by Gasteiger charge is 1.86. The van der Waals surface area contributed by atoms with E-state index in [1.807, 2.05) is 6.92 Å². The Morgan fingerprint density at radius 1 is 1.42 bits per heavy atom. The molecule has 0 aliphatic rings. The summed E-state index contributed by atoms with van der Waals surface area (Å²) < 4.78 is 10.0. The quantitative estimate of drug-likeness (QED) is 0.455. The molecule has 0 aromatic heterocycles. The Balaban J connectivity index is 3.05. The first kappa shape index (κ1) is 11.1. The average molecular weight is 174 g/mol. The topological polar surface area (TPSA) is 55.8 Å². The van der Waals surface area contributed by atoms with Crippen LogP contribution in [-0.4, -0.2) is 37.5 Å². The third kappa shape index (κ3) is 9.13. The standard InChI is InChI=1S/C8H14O4/c1-2-11-6-7-12-5-3-4-8(9)10/h3-4H,2,5-7H2,1H3,(H,9,10)/b4-3+. The maximum Gasteiger partial charge on any atom is 0.328 e. The van der Waals surface area contributed by atoms with Gasteiger partial charge in [0.1, 0.15) is 0 Å². The summed E-state index contributed by atoms with van der Waals surface area (Å²) in [7, 11) is 0. The monoisotopic (exact) mass is 174 g/mol. The second-order valence-corrected chi connectivity index (χ2v) is 2.01. The molecule has 0 aliphatic heterocycles. The van der Waals surface area contributed by atoms with Gasteiger partial charge in [0, 0.05) is 12.7 Å². The van der Waals surface area contributed by atoms with Gasteiger partial charge in [0.25, 0.3) is 0 Å². The highest BCUT2D eigenvalue weighted by atomic mass is 16.5. The smallest absolute Gasteiger partial charge is 0.328 e. The Bertz CT molecular complexity index is 142. The molecule has 0 aromatic rings. The Morgan fingerprint density at radius 2 is 2.08 bits per heavy atom. The summed E-state index contributed by atoms with van der Waals surface area (Å²) in [5, 5.41) is 8.19. The molecule has 0 rings (SSSR count). The summed E-state index contributed by atoms with van der Waals surface area (Å²) >= 11 is 0. The van der Waals surface area contributed by atoms with E-state index in [1.54, 1.807) is 0 Å². The lowest BCUT2D eigenvalue weighted by Crippen LogP contribution is -2.03. The van der Waals surface area contributed by atoms with Crippen LogP contribution in [0, 0.1) is 0 Å². The summed E-state index contributed by atoms with van der Waals surface area (Å²) in [6.45, 7) is 3.95. The largest absolute Gasteiger partial charge is 0.478 e. The second-order valence-electron chi connectivity index (χ2n) is 2.01. The van der Waals surface area contributed by atoms with Gasteiger partial charge in [-0.15, -0.1) is 0 Å². The van der Waals surface area contributed by atoms with Crippen LogP contribution in [-0.2, 0) is 14.3 Å². The Labute approximate surface area is 71.8 Å². The number of ether oxygens (including phenoxy) is 2. The van der Waals surface area contributed by atoms with Gasteiger partial charge in [-0.3, -0.25) is 0 Å². The van der Waals surface area contributed by atoms with Gasteiger partial charge < -0.3 is 14.6 Å². The predicted molar refractivity (Wildman–Crippen MR) is 44.1 cm³/mol. The molecule has 12 heavy (non-hydrogen) atoms. The van der Waals surface area contributed by atoms with E-state index in [1.165, 1.54) is 6.08 Å². The number of rotatable bonds is 7. The van der Waals surface area contributed by atoms with E-state index in [-0.39, 0.29) is 0 Å². The number of hydrogen-bond acceptors (Lipinski definition) is 3. The minimum Gasteiger partial charge on any atom is -0.478 e. The number of carboxylic acids is 1. The molecule has 0 fully saturated rings. The molecule has 0 heterocycles. The molecule has 0 unspecified atom stereocenters. The second kappa shape index (κ2) is 8.23. The number of hydrogen-bond donors (Lipinski definition) is 1. The van der Waals surface area contributed by atoms with Crippen molar-refractivity contribution in [3.63, 3.8) is 0 Å². The molecule has 0 atom stereocenters. The van der Waals surface area contributed by atoms with E-state index in [4.69, 9.17) is 14.6 Å². The van der Waals surface area contributed by atoms with Crippen LogP contribution in [0.5, 0.6) is 0 Å². The highest BCUT2D eigenvalue weighted by molar-refractivity contribution is 5.79. The summed E-state index contributed by atoms with van der Waals surface area (Å²) in [4.78, 5) is 9.97. The molecule has 0 spiro atoms. The molecule has 0 saturated heterocycles. The van der Waals surface area contributed by atoms with Crippen LogP contribution in [0.2, 0.25) is 0 Å². The minimum atomic E-state index is -0.955. The zero-order valence-electron chi connectivity index (χ0n) is 7.16. The zero-order chi connectivity index (χ0) is 9.23. The van der Waals surface area contributed by atoms with Gasteiger partial charge in [-0.2, -0.15) is 0 Å². The summed E-state index contributed by atoms with van der Waals surface area (Å²) in [5.41, 5.74) is 0. The van der Waals surface area contributed by atoms with E-state index in [0.29, 0.717) is 26.4 Å². The van der Waals surface area contributed by atoms with Crippen molar-refractivity contribution < 1.29 is 19.4 Å². The number of carbonyl (C=O) groups is 1. The molecular weight excluding hydrogens is 160 g/mol. The third-order valence-electron chi connectivity index (χ3n) is 1.05. The molecule has 0 aromatic carbocycles. The van der Waals surface area contributed by atoms with Gasteiger partial charge in [-0.05, 0) is 6.92 Å². The Hall–Kier alpha value is -0.870. The van der Waals surface area contributed by atoms with Crippen LogP contribution >= 0.6 is 0 Å². The van der Waals surface area contributed by atoms with Crippen molar-refractivity contribution in [3.8, 4) is 0 Å². The van der Waals surface area contributed by atoms with Crippen LogP contribution in [0.1, 0.15) is 6.92 Å². The molecule has 0 aliphatic carbocycles. The Kier molecular flexibility index (Phi) is 7.63. The molecule has 4 heteroatoms. The molecule has 70 valence electrons. The maximum atomic E-state index is 9.97. The molecule has 4 nitrogen and oxygen atoms in total. The summed E-state index contributed by atoms with van der Waals surface area (Å²) in [6, 6.07) is 0. The highest BCUT2D eigenvalue weighted by Crippen LogP contribution is 1.80. The lowest BCUT2D eigenvalue weighted by Gasteiger charge is -1.99. The van der Waals surface area contributed by atoms with Gasteiger partial charge in [-0.25, -0.2) is 4.79 Å². The number of carboxylic acid groups (broad SMARTS) is 1. The van der Waals surface area contributed by atoms with Crippen LogP contribution in [0.25, 0.3) is 0 Å². The van der Waals surface area contributed by atoms with Crippen molar-refractivity contribution in [1.82, 2.24) is 0 Å². The fourth-order valence-corrected chi connectivity index (χ4v) is 0.562. The number of aliphatic carboxylic acids is 1. The SMILES string of the molecule is CCOCCOC/C=C/C(=O)O. The van der Waals surface area contributed by atoms with E-state index >= 15 is 0 Å². The first-order chi connectivity index (χ1) is 5.77. The minimum absolute atomic E-state index is 0.319. The fraction of sp³-hybridized carbons (Fsp3) is 0.625. The lowest BCUT2D eigenvalue weighted by molar-refractivity contribution is -0.131. The molecule has 0 amide bonds. The lowest BCUT2D eigenvalue weighted by atomic mass is 10.5. The zero-order valence-corrected chi connectivity index (χ0v) is 7.16. The van der Waals surface area contributed by atoms with Gasteiger partial charge in [-0.1, -0.05) is 6.08 Å². The third-order valence-corrected chi connectivity index (χ3v) is 1.05. The first-order valence-electron chi connectivity index (χ1n) is 3.82. The average Bonchev–Trinajstić information content (AvgIpc) is 2.02. The van der Waals surface area contributed by atoms with E-state index < -0.39 is 5.97 Å². The van der Waals surface area contributed by atoms with Crippen molar-refractivity contribution in [2.45, 2.75) is 6.92 Å². The van der Waals surface area contributed by atoms with Crippen molar-refractivity contribution in [1.29, 1.82) is 0 Å². The molecule has 0 bridgehead atoms. The molecule has 0 radical (unpaired) electrons. The van der Waals surface area contributed by atoms with Gasteiger partial charge in [0.2, 0.25) is 0 Å². The van der Waals surface area contributed by atoms with Crippen LogP contribution in [0.15, 0.2) is 12.2 Å². The molecular formula is C8H14O4. The fourth-order valence-electron chi connectivity index (χ4n) is 0.562. The summed E-state index contributed by atoms with van der Waals surface area (Å²) in [6.07, 6.45) is 2.51. The van der Waals surface area contributed by atoms with Crippen LogP contribution in [0.4, 0.5) is 0 Å². The van der Waals surface area contributed by atoms with Crippen molar-refractivity contribution in [2.24, 2.45) is 0 Å². The van der Waals surface area contributed by atoms with Crippen LogP contribution < -0.4 is 0 Å². The Morgan fingerprint density at radius 3 is 2.67 bits per heavy atom.